The number of aromatic amines is 1. The zero-order valence-corrected chi connectivity index (χ0v) is 19.3. The molecule has 0 bridgehead atoms. The van der Waals surface area contributed by atoms with Crippen LogP contribution in [0.3, 0.4) is 0 Å². The molecule has 4 aromatic rings. The zero-order chi connectivity index (χ0) is 24.4. The largest absolute Gasteiger partial charge is 0.490 e. The molecule has 1 aliphatic rings. The molecule has 0 aliphatic carbocycles. The Morgan fingerprint density at radius 3 is 2.83 bits per heavy atom. The first-order chi connectivity index (χ1) is 17.0. The van der Waals surface area contributed by atoms with Crippen LogP contribution in [-0.2, 0) is 21.4 Å². The van der Waals surface area contributed by atoms with Gasteiger partial charge in [-0.15, -0.1) is 0 Å². The van der Waals surface area contributed by atoms with Crippen LogP contribution >= 0.6 is 0 Å². The molecule has 2 aromatic heterocycles. The number of carbonyl (C=O) groups is 1. The van der Waals surface area contributed by atoms with Crippen molar-refractivity contribution in [2.75, 3.05) is 25.2 Å². The number of sulfonamides is 1. The fourth-order valence-electron chi connectivity index (χ4n) is 3.68. The SMILES string of the molecule is COc1c(OCC(=O)NCc2ccco2)c(NS(=O)(=O)c2cccc3[nH]ccc23)cc2c1OCO2. The van der Waals surface area contributed by atoms with Crippen LogP contribution in [0.2, 0.25) is 0 Å². The van der Waals surface area contributed by atoms with Gasteiger partial charge in [0, 0.05) is 23.2 Å². The Hall–Kier alpha value is -4.32. The van der Waals surface area contributed by atoms with Crippen molar-refractivity contribution in [3.8, 4) is 23.0 Å². The predicted molar refractivity (Wildman–Crippen MR) is 124 cm³/mol. The summed E-state index contributed by atoms with van der Waals surface area (Å²) in [6, 6.07) is 11.4. The molecule has 182 valence electrons. The highest BCUT2D eigenvalue weighted by atomic mass is 32.2. The molecule has 1 amide bonds. The van der Waals surface area contributed by atoms with Gasteiger partial charge in [-0.1, -0.05) is 6.07 Å². The number of aromatic nitrogens is 1. The Bertz CT molecular complexity index is 1480. The monoisotopic (exact) mass is 499 g/mol. The van der Waals surface area contributed by atoms with Gasteiger partial charge in [0.05, 0.1) is 30.5 Å². The molecule has 0 fully saturated rings. The summed E-state index contributed by atoms with van der Waals surface area (Å²) in [5, 5.41) is 3.18. The van der Waals surface area contributed by atoms with Crippen molar-refractivity contribution in [1.29, 1.82) is 0 Å². The molecular formula is C23H21N3O8S. The Labute approximate surface area is 200 Å². The van der Waals surface area contributed by atoms with Crippen LogP contribution in [0.5, 0.6) is 23.0 Å². The van der Waals surface area contributed by atoms with E-state index in [-0.39, 0.29) is 46.9 Å². The van der Waals surface area contributed by atoms with Crippen LogP contribution in [0.4, 0.5) is 5.69 Å². The molecule has 0 unspecified atom stereocenters. The Balaban J connectivity index is 1.45. The lowest BCUT2D eigenvalue weighted by Gasteiger charge is -2.18. The maximum absolute atomic E-state index is 13.4. The number of hydrogen-bond donors (Lipinski definition) is 3. The van der Waals surface area contributed by atoms with E-state index >= 15 is 0 Å². The Kier molecular flexibility index (Phi) is 5.87. The third kappa shape index (κ3) is 4.43. The van der Waals surface area contributed by atoms with Gasteiger partial charge in [0.15, 0.2) is 18.1 Å². The number of furan rings is 1. The fraction of sp³-hybridized carbons (Fsp3) is 0.174. The summed E-state index contributed by atoms with van der Waals surface area (Å²) in [7, 11) is -2.69. The summed E-state index contributed by atoms with van der Waals surface area (Å²) in [6.07, 6.45) is 3.16. The fourth-order valence-corrected chi connectivity index (χ4v) is 4.95. The van der Waals surface area contributed by atoms with E-state index in [1.165, 1.54) is 25.5 Å². The highest BCUT2D eigenvalue weighted by Gasteiger charge is 2.30. The van der Waals surface area contributed by atoms with Crippen LogP contribution in [0.25, 0.3) is 10.9 Å². The van der Waals surface area contributed by atoms with E-state index in [0.29, 0.717) is 16.7 Å². The lowest BCUT2D eigenvalue weighted by Crippen LogP contribution is -2.28. The lowest BCUT2D eigenvalue weighted by molar-refractivity contribution is -0.123. The van der Waals surface area contributed by atoms with Crippen molar-refractivity contribution in [2.45, 2.75) is 11.4 Å². The van der Waals surface area contributed by atoms with E-state index in [4.69, 9.17) is 23.4 Å². The van der Waals surface area contributed by atoms with E-state index in [1.54, 1.807) is 36.5 Å². The van der Waals surface area contributed by atoms with Gasteiger partial charge in [0.1, 0.15) is 5.76 Å². The minimum atomic E-state index is -4.07. The molecule has 5 rings (SSSR count). The number of carbonyl (C=O) groups excluding carboxylic acids is 1. The summed E-state index contributed by atoms with van der Waals surface area (Å²) in [5.41, 5.74) is 0.693. The van der Waals surface area contributed by atoms with Gasteiger partial charge in [0.2, 0.25) is 18.3 Å². The van der Waals surface area contributed by atoms with E-state index in [2.05, 4.69) is 15.0 Å². The summed E-state index contributed by atoms with van der Waals surface area (Å²) in [6.45, 7) is -0.319. The number of fused-ring (bicyclic) bond motifs is 2. The third-order valence-corrected chi connectivity index (χ3v) is 6.68. The van der Waals surface area contributed by atoms with Crippen LogP contribution < -0.4 is 29.0 Å². The van der Waals surface area contributed by atoms with Gasteiger partial charge in [-0.3, -0.25) is 9.52 Å². The van der Waals surface area contributed by atoms with Crippen molar-refractivity contribution in [2.24, 2.45) is 0 Å². The van der Waals surface area contributed by atoms with Crippen LogP contribution in [0.15, 0.2) is 64.2 Å². The first-order valence-corrected chi connectivity index (χ1v) is 12.0. The van der Waals surface area contributed by atoms with E-state index in [9.17, 15) is 13.2 Å². The van der Waals surface area contributed by atoms with Gasteiger partial charge >= 0.3 is 0 Å². The van der Waals surface area contributed by atoms with E-state index in [0.717, 1.165) is 0 Å². The first kappa shape index (κ1) is 22.5. The molecule has 1 aliphatic heterocycles. The third-order valence-electron chi connectivity index (χ3n) is 5.25. The van der Waals surface area contributed by atoms with Crippen molar-refractivity contribution in [3.05, 3.63) is 60.7 Å². The minimum Gasteiger partial charge on any atom is -0.490 e. The predicted octanol–water partition coefficient (Wildman–Crippen LogP) is 2.99. The number of benzene rings is 2. The van der Waals surface area contributed by atoms with Gasteiger partial charge in [0.25, 0.3) is 15.9 Å². The summed E-state index contributed by atoms with van der Waals surface area (Å²) in [5.74, 6) is 0.715. The molecular weight excluding hydrogens is 478 g/mol. The second-order valence-electron chi connectivity index (χ2n) is 7.47. The number of hydrogen-bond acceptors (Lipinski definition) is 8. The lowest BCUT2D eigenvalue weighted by atomic mass is 10.2. The second-order valence-corrected chi connectivity index (χ2v) is 9.12. The summed E-state index contributed by atoms with van der Waals surface area (Å²) in [4.78, 5) is 15.4. The van der Waals surface area contributed by atoms with E-state index < -0.39 is 22.5 Å². The van der Waals surface area contributed by atoms with Gasteiger partial charge in [-0.25, -0.2) is 8.42 Å². The number of H-pyrrole nitrogens is 1. The van der Waals surface area contributed by atoms with Crippen molar-refractivity contribution >= 4 is 32.5 Å². The highest BCUT2D eigenvalue weighted by Crippen LogP contribution is 2.51. The molecule has 35 heavy (non-hydrogen) atoms. The zero-order valence-electron chi connectivity index (χ0n) is 18.5. The number of anilines is 1. The van der Waals surface area contributed by atoms with Crippen molar-refractivity contribution in [1.82, 2.24) is 10.3 Å². The first-order valence-electron chi connectivity index (χ1n) is 10.5. The maximum Gasteiger partial charge on any atom is 0.262 e. The Morgan fingerprint density at radius 1 is 1.14 bits per heavy atom. The van der Waals surface area contributed by atoms with Crippen molar-refractivity contribution < 1.29 is 36.6 Å². The van der Waals surface area contributed by atoms with E-state index in [1.807, 2.05) is 0 Å². The van der Waals surface area contributed by atoms with Gasteiger partial charge < -0.3 is 33.7 Å². The molecule has 0 saturated carbocycles. The molecule has 2 aromatic carbocycles. The summed E-state index contributed by atoms with van der Waals surface area (Å²) >= 11 is 0. The number of ether oxygens (including phenoxy) is 4. The quantitative estimate of drug-likeness (QED) is 0.319. The minimum absolute atomic E-state index is 0.0188. The second kappa shape index (κ2) is 9.14. The maximum atomic E-state index is 13.4. The molecule has 12 heteroatoms. The smallest absolute Gasteiger partial charge is 0.262 e. The topological polar surface area (TPSA) is 141 Å². The highest BCUT2D eigenvalue weighted by molar-refractivity contribution is 7.93. The van der Waals surface area contributed by atoms with Gasteiger partial charge in [-0.2, -0.15) is 0 Å². The van der Waals surface area contributed by atoms with Crippen LogP contribution in [-0.4, -0.2) is 39.8 Å². The molecule has 0 spiro atoms. The molecule has 3 N–H and O–H groups in total. The normalized spacial score (nSPS) is 12.5. The Morgan fingerprint density at radius 2 is 2.03 bits per heavy atom. The summed E-state index contributed by atoms with van der Waals surface area (Å²) < 4.78 is 56.5. The molecule has 11 nitrogen and oxygen atoms in total. The molecule has 0 radical (unpaired) electrons. The van der Waals surface area contributed by atoms with Crippen molar-refractivity contribution in [3.63, 3.8) is 0 Å². The number of methoxy groups -OCH3 is 1. The van der Waals surface area contributed by atoms with Crippen LogP contribution in [0.1, 0.15) is 5.76 Å². The molecule has 0 saturated heterocycles. The average molecular weight is 500 g/mol. The number of rotatable bonds is 9. The molecule has 0 atom stereocenters. The number of nitrogens with one attached hydrogen (secondary N) is 3. The van der Waals surface area contributed by atoms with Gasteiger partial charge in [-0.05, 0) is 30.3 Å². The number of amides is 1. The molecule has 3 heterocycles. The average Bonchev–Trinajstić information content (AvgIpc) is 3.62. The standard InChI is InChI=1S/C23H21N3O8S/c1-30-23-21(32-12-20(27)25-11-14-4-3-9-31-14)17(10-18-22(23)34-13-33-18)26-35(28,29)19-6-2-5-16-15(19)7-8-24-16/h2-10,24,26H,11-13H2,1H3,(H,25,27). The van der Waals surface area contributed by atoms with Crippen LogP contribution in [0, 0.1) is 0 Å².